The van der Waals surface area contributed by atoms with Crippen molar-refractivity contribution in [3.05, 3.63) is 82.9 Å². The standard InChI is InChI=1S/C24H23NO.C5H13NO/c1-16(2)23(20-11-6-14-22-19(20)13-7-15-26-22)24(25)21-12-5-9-17-8-3-4-10-18(17)21;1-3-7-5-4-6-2/h3-6,8-12,14,25H,7,13,15H2,1-2H3;6H,3-5H2,1-2H3. The number of nitrogens with one attached hydrogen (secondary N) is 2. The molecule has 0 spiro atoms. The fourth-order valence-corrected chi connectivity index (χ4v) is 4.17. The zero-order valence-electron chi connectivity index (χ0n) is 20.3. The lowest BCUT2D eigenvalue weighted by molar-refractivity contribution is 0.151. The van der Waals surface area contributed by atoms with Crippen LogP contribution in [0.1, 0.15) is 43.9 Å². The van der Waals surface area contributed by atoms with Crippen molar-refractivity contribution in [2.24, 2.45) is 0 Å². The second-order valence-electron chi connectivity index (χ2n) is 8.31. The Bertz CT molecular complexity index is 1100. The highest BCUT2D eigenvalue weighted by atomic mass is 16.5. The molecule has 0 aromatic heterocycles. The van der Waals surface area contributed by atoms with Gasteiger partial charge in [-0.05, 0) is 63.1 Å². The maximum atomic E-state index is 9.06. The molecule has 0 atom stereocenters. The molecule has 1 heterocycles. The second kappa shape index (κ2) is 12.3. The van der Waals surface area contributed by atoms with E-state index in [9.17, 15) is 0 Å². The van der Waals surface area contributed by atoms with Crippen LogP contribution < -0.4 is 10.1 Å². The van der Waals surface area contributed by atoms with E-state index in [0.29, 0.717) is 5.71 Å². The van der Waals surface area contributed by atoms with Crippen LogP contribution in [0.3, 0.4) is 0 Å². The lowest BCUT2D eigenvalue weighted by Gasteiger charge is -2.23. The summed E-state index contributed by atoms with van der Waals surface area (Å²) in [6.07, 6.45) is 2.03. The average Bonchev–Trinajstić information content (AvgIpc) is 2.84. The van der Waals surface area contributed by atoms with E-state index in [4.69, 9.17) is 14.9 Å². The number of hydrogen-bond donors (Lipinski definition) is 2. The maximum Gasteiger partial charge on any atom is 0.123 e. The summed E-state index contributed by atoms with van der Waals surface area (Å²) in [7, 11) is 1.92. The molecule has 0 fully saturated rings. The van der Waals surface area contributed by atoms with E-state index >= 15 is 0 Å². The van der Waals surface area contributed by atoms with Gasteiger partial charge in [0.25, 0.3) is 0 Å². The molecule has 1 aliphatic rings. The monoisotopic (exact) mass is 444 g/mol. The van der Waals surface area contributed by atoms with Crippen LogP contribution in [0.15, 0.2) is 66.2 Å². The van der Waals surface area contributed by atoms with Crippen LogP contribution in [-0.2, 0) is 11.2 Å². The number of fused-ring (bicyclic) bond motifs is 2. The minimum atomic E-state index is 0.584. The highest BCUT2D eigenvalue weighted by Crippen LogP contribution is 2.35. The SMILES string of the molecule is CC(C)=C(C(=N)c1cccc2ccccc12)c1cccc2c1CCCO2.CCOCCNC. The zero-order chi connectivity index (χ0) is 23.6. The van der Waals surface area contributed by atoms with Gasteiger partial charge in [-0.3, -0.25) is 5.41 Å². The van der Waals surface area contributed by atoms with Crippen molar-refractivity contribution in [1.29, 1.82) is 5.41 Å². The first-order chi connectivity index (χ1) is 16.1. The third-order valence-electron chi connectivity index (χ3n) is 5.74. The summed E-state index contributed by atoms with van der Waals surface area (Å²) in [6, 6.07) is 20.7. The van der Waals surface area contributed by atoms with E-state index in [1.165, 1.54) is 10.9 Å². The minimum Gasteiger partial charge on any atom is -0.493 e. The van der Waals surface area contributed by atoms with Gasteiger partial charge < -0.3 is 14.8 Å². The molecule has 0 radical (unpaired) electrons. The van der Waals surface area contributed by atoms with Crippen molar-refractivity contribution in [2.45, 2.75) is 33.6 Å². The van der Waals surface area contributed by atoms with Crippen molar-refractivity contribution in [3.8, 4) is 5.75 Å². The Kier molecular flexibility index (Phi) is 9.23. The number of benzene rings is 3. The number of ether oxygens (including phenoxy) is 2. The number of allylic oxidation sites excluding steroid dienone is 2. The molecule has 4 rings (SSSR count). The topological polar surface area (TPSA) is 54.3 Å². The summed E-state index contributed by atoms with van der Waals surface area (Å²) >= 11 is 0. The van der Waals surface area contributed by atoms with Crippen LogP contribution in [0.2, 0.25) is 0 Å². The van der Waals surface area contributed by atoms with Crippen LogP contribution in [0.25, 0.3) is 16.3 Å². The van der Waals surface area contributed by atoms with E-state index in [1.54, 1.807) is 0 Å². The largest absolute Gasteiger partial charge is 0.493 e. The van der Waals surface area contributed by atoms with Crippen LogP contribution in [-0.4, -0.2) is 39.1 Å². The predicted molar refractivity (Wildman–Crippen MR) is 140 cm³/mol. The lowest BCUT2D eigenvalue weighted by Crippen LogP contribution is -2.13. The second-order valence-corrected chi connectivity index (χ2v) is 8.31. The van der Waals surface area contributed by atoms with Gasteiger partial charge >= 0.3 is 0 Å². The van der Waals surface area contributed by atoms with Gasteiger partial charge in [0, 0.05) is 29.9 Å². The molecule has 0 saturated carbocycles. The minimum absolute atomic E-state index is 0.584. The molecule has 0 aliphatic carbocycles. The first kappa shape index (κ1) is 24.7. The summed E-state index contributed by atoms with van der Waals surface area (Å²) in [6.45, 7) is 9.57. The van der Waals surface area contributed by atoms with Gasteiger partial charge in [0.05, 0.1) is 18.9 Å². The van der Waals surface area contributed by atoms with Gasteiger partial charge in [-0.15, -0.1) is 0 Å². The molecule has 1 aliphatic heterocycles. The van der Waals surface area contributed by atoms with Gasteiger partial charge in [0.1, 0.15) is 5.75 Å². The summed E-state index contributed by atoms with van der Waals surface area (Å²) in [5.74, 6) is 0.971. The molecular weight excluding hydrogens is 408 g/mol. The Morgan fingerprint density at radius 2 is 1.73 bits per heavy atom. The summed E-state index contributed by atoms with van der Waals surface area (Å²) < 4.78 is 10.9. The lowest BCUT2D eigenvalue weighted by atomic mass is 9.86. The average molecular weight is 445 g/mol. The van der Waals surface area contributed by atoms with Gasteiger partial charge in [0.15, 0.2) is 0 Å². The predicted octanol–water partition coefficient (Wildman–Crippen LogP) is 6.27. The molecule has 3 aromatic carbocycles. The highest BCUT2D eigenvalue weighted by Gasteiger charge is 2.21. The molecule has 0 saturated heterocycles. The number of hydrogen-bond acceptors (Lipinski definition) is 4. The molecule has 2 N–H and O–H groups in total. The third-order valence-corrected chi connectivity index (χ3v) is 5.74. The quantitative estimate of drug-likeness (QED) is 0.334. The molecule has 0 bridgehead atoms. The molecule has 4 nitrogen and oxygen atoms in total. The number of likely N-dealkylation sites (N-methyl/N-ethyl adjacent to an activating group) is 1. The van der Waals surface area contributed by atoms with Gasteiger partial charge in [-0.1, -0.05) is 60.2 Å². The molecule has 3 aromatic rings. The van der Waals surface area contributed by atoms with Gasteiger partial charge in [-0.25, -0.2) is 0 Å². The first-order valence-electron chi connectivity index (χ1n) is 11.8. The maximum absolute atomic E-state index is 9.06. The Labute approximate surface area is 198 Å². The molecular formula is C29H36N2O2. The normalized spacial score (nSPS) is 12.2. The molecule has 0 amide bonds. The van der Waals surface area contributed by atoms with Gasteiger partial charge in [0.2, 0.25) is 0 Å². The van der Waals surface area contributed by atoms with E-state index < -0.39 is 0 Å². The van der Waals surface area contributed by atoms with Crippen molar-refractivity contribution in [3.63, 3.8) is 0 Å². The number of rotatable bonds is 7. The van der Waals surface area contributed by atoms with Gasteiger partial charge in [-0.2, -0.15) is 0 Å². The molecule has 4 heteroatoms. The molecule has 0 unspecified atom stereocenters. The van der Waals surface area contributed by atoms with Crippen molar-refractivity contribution < 1.29 is 9.47 Å². The van der Waals surface area contributed by atoms with Crippen molar-refractivity contribution >= 4 is 22.1 Å². The fraction of sp³-hybridized carbons (Fsp3) is 0.345. The summed E-state index contributed by atoms with van der Waals surface area (Å²) in [5, 5.41) is 14.3. The van der Waals surface area contributed by atoms with Crippen LogP contribution in [0.4, 0.5) is 0 Å². The molecule has 33 heavy (non-hydrogen) atoms. The Morgan fingerprint density at radius 1 is 1.00 bits per heavy atom. The Hall–Kier alpha value is -2.95. The first-order valence-corrected chi connectivity index (χ1v) is 11.8. The fourth-order valence-electron chi connectivity index (χ4n) is 4.17. The van der Waals surface area contributed by atoms with Crippen LogP contribution in [0.5, 0.6) is 5.75 Å². The highest BCUT2D eigenvalue weighted by molar-refractivity contribution is 6.34. The van der Waals surface area contributed by atoms with Crippen molar-refractivity contribution in [1.82, 2.24) is 5.32 Å². The Morgan fingerprint density at radius 3 is 2.48 bits per heavy atom. The van der Waals surface area contributed by atoms with E-state index in [1.807, 2.05) is 44.3 Å². The molecule has 174 valence electrons. The van der Waals surface area contributed by atoms with Crippen LogP contribution in [0, 0.1) is 5.41 Å². The van der Waals surface area contributed by atoms with Crippen molar-refractivity contribution in [2.75, 3.05) is 33.4 Å². The Balaban J connectivity index is 0.000000383. The van der Waals surface area contributed by atoms with E-state index in [0.717, 1.165) is 72.6 Å². The van der Waals surface area contributed by atoms with E-state index in [2.05, 4.69) is 49.5 Å². The smallest absolute Gasteiger partial charge is 0.123 e. The summed E-state index contributed by atoms with van der Waals surface area (Å²) in [4.78, 5) is 0. The van der Waals surface area contributed by atoms with E-state index in [-0.39, 0.29) is 0 Å². The third kappa shape index (κ3) is 6.10. The summed E-state index contributed by atoms with van der Waals surface area (Å²) in [5.41, 5.74) is 6.11. The van der Waals surface area contributed by atoms with Crippen LogP contribution >= 0.6 is 0 Å². The zero-order valence-corrected chi connectivity index (χ0v) is 20.3.